The minimum absolute atomic E-state index is 0.941. The maximum atomic E-state index is 8.36. The molecule has 0 heterocycles. The molecule has 0 unspecified atom stereocenters. The van der Waals surface area contributed by atoms with E-state index in [1.54, 1.807) is 7.11 Å². The molecule has 0 aromatic rings. The third kappa shape index (κ3) is 59.3. The number of hydroxylamine groups is 1. The number of rotatable bonds is 3. The monoisotopic (exact) mass is 152 g/mol. The van der Waals surface area contributed by atoms with Crippen molar-refractivity contribution >= 4 is 0 Å². The Labute approximate surface area is 58.9 Å². The molecule has 0 saturated heterocycles. The van der Waals surface area contributed by atoms with E-state index in [1.807, 2.05) is 0 Å². The van der Waals surface area contributed by atoms with Gasteiger partial charge in [0.25, 0.3) is 5.09 Å². The van der Waals surface area contributed by atoms with E-state index in [2.05, 4.69) is 17.2 Å². The van der Waals surface area contributed by atoms with Crippen LogP contribution in [-0.2, 0) is 4.84 Å². The van der Waals surface area contributed by atoms with E-state index in [0.717, 1.165) is 13.0 Å². The summed E-state index contributed by atoms with van der Waals surface area (Å²) in [6, 6.07) is 0. The molecule has 10 heavy (non-hydrogen) atoms. The minimum Gasteiger partial charge on any atom is -0.328 e. The third-order valence-corrected chi connectivity index (χ3v) is 0.496. The van der Waals surface area contributed by atoms with Gasteiger partial charge in [-0.15, -0.1) is 10.1 Å². The van der Waals surface area contributed by atoms with Gasteiger partial charge < -0.3 is 10.0 Å². The fourth-order valence-corrected chi connectivity index (χ4v) is 0.204. The molecule has 0 fully saturated rings. The van der Waals surface area contributed by atoms with Crippen molar-refractivity contribution in [2.75, 3.05) is 13.7 Å². The van der Waals surface area contributed by atoms with E-state index < -0.39 is 5.09 Å². The molecule has 0 aromatic carbocycles. The highest BCUT2D eigenvalue weighted by atomic mass is 16.9. The molecule has 0 saturated carbocycles. The predicted octanol–water partition coefficient (Wildman–Crippen LogP) is 0.200. The van der Waals surface area contributed by atoms with Crippen molar-refractivity contribution in [2.45, 2.75) is 13.3 Å². The third-order valence-electron chi connectivity index (χ3n) is 0.496. The van der Waals surface area contributed by atoms with Gasteiger partial charge in [-0.2, -0.15) is 0 Å². The molecular weight excluding hydrogens is 140 g/mol. The molecule has 0 amide bonds. The standard InChI is InChI=1S/C4H11NO.HNO3/c1-3-4-5-6-2;2-1(3)4/h5H,3-4H2,1-2H3;(H,2,3,4). The van der Waals surface area contributed by atoms with Gasteiger partial charge in [0, 0.05) is 6.54 Å². The van der Waals surface area contributed by atoms with Gasteiger partial charge in [0.05, 0.1) is 7.11 Å². The molecule has 6 heteroatoms. The van der Waals surface area contributed by atoms with Gasteiger partial charge in [0.2, 0.25) is 0 Å². The Balaban J connectivity index is 0. The van der Waals surface area contributed by atoms with Crippen LogP contribution in [-0.4, -0.2) is 23.9 Å². The molecule has 62 valence electrons. The number of hydrogen-bond donors (Lipinski definition) is 2. The van der Waals surface area contributed by atoms with Crippen LogP contribution in [0.4, 0.5) is 0 Å². The van der Waals surface area contributed by atoms with E-state index >= 15 is 0 Å². The van der Waals surface area contributed by atoms with Crippen molar-refractivity contribution in [3.63, 3.8) is 0 Å². The van der Waals surface area contributed by atoms with E-state index in [0.29, 0.717) is 0 Å². The van der Waals surface area contributed by atoms with Crippen molar-refractivity contribution in [3.8, 4) is 0 Å². The van der Waals surface area contributed by atoms with E-state index in [1.165, 1.54) is 0 Å². The normalized spacial score (nSPS) is 7.80. The Kier molecular flexibility index (Phi) is 13.0. The quantitative estimate of drug-likeness (QED) is 0.343. The predicted molar refractivity (Wildman–Crippen MR) is 34.1 cm³/mol. The molecule has 6 nitrogen and oxygen atoms in total. The lowest BCUT2D eigenvalue weighted by Crippen LogP contribution is -2.11. The summed E-state index contributed by atoms with van der Waals surface area (Å²) in [5.74, 6) is 0. The van der Waals surface area contributed by atoms with Gasteiger partial charge in [-0.25, -0.2) is 5.48 Å². The van der Waals surface area contributed by atoms with Gasteiger partial charge in [-0.05, 0) is 6.42 Å². The number of nitrogens with one attached hydrogen (secondary N) is 1. The Morgan fingerprint density at radius 2 is 2.20 bits per heavy atom. The van der Waals surface area contributed by atoms with Crippen molar-refractivity contribution in [1.82, 2.24) is 5.48 Å². The molecular formula is C4H12N2O4. The van der Waals surface area contributed by atoms with Crippen molar-refractivity contribution in [1.29, 1.82) is 0 Å². The van der Waals surface area contributed by atoms with Crippen LogP contribution in [0.15, 0.2) is 0 Å². The second-order valence-corrected chi connectivity index (χ2v) is 1.34. The Morgan fingerprint density at radius 1 is 1.80 bits per heavy atom. The van der Waals surface area contributed by atoms with Crippen LogP contribution >= 0.6 is 0 Å². The first kappa shape index (κ1) is 11.9. The molecule has 0 atom stereocenters. The molecule has 0 aliphatic rings. The second kappa shape index (κ2) is 11.0. The molecule has 0 radical (unpaired) electrons. The summed E-state index contributed by atoms with van der Waals surface area (Å²) in [5.41, 5.74) is 2.70. The molecule has 0 rings (SSSR count). The summed E-state index contributed by atoms with van der Waals surface area (Å²) >= 11 is 0. The van der Waals surface area contributed by atoms with Crippen LogP contribution in [0.2, 0.25) is 0 Å². The topological polar surface area (TPSA) is 84.6 Å². The van der Waals surface area contributed by atoms with Crippen LogP contribution in [0, 0.1) is 10.1 Å². The Hall–Kier alpha value is -0.880. The van der Waals surface area contributed by atoms with Crippen LogP contribution in [0.5, 0.6) is 0 Å². The fraction of sp³-hybridized carbons (Fsp3) is 1.00. The largest absolute Gasteiger partial charge is 0.328 e. The fourth-order valence-electron chi connectivity index (χ4n) is 0.204. The van der Waals surface area contributed by atoms with Crippen LogP contribution in [0.1, 0.15) is 13.3 Å². The van der Waals surface area contributed by atoms with Gasteiger partial charge in [-0.3, -0.25) is 0 Å². The Morgan fingerprint density at radius 3 is 2.30 bits per heavy atom. The lowest BCUT2D eigenvalue weighted by molar-refractivity contribution is -0.742. The minimum atomic E-state index is -1.50. The molecule has 0 bridgehead atoms. The zero-order valence-electron chi connectivity index (χ0n) is 6.03. The van der Waals surface area contributed by atoms with Crippen molar-refractivity contribution in [2.24, 2.45) is 0 Å². The average molecular weight is 152 g/mol. The van der Waals surface area contributed by atoms with Gasteiger partial charge in [-0.1, -0.05) is 6.92 Å². The average Bonchev–Trinajstić information content (AvgIpc) is 1.82. The first-order valence-electron chi connectivity index (χ1n) is 2.74. The lowest BCUT2D eigenvalue weighted by Gasteiger charge is -1.93. The van der Waals surface area contributed by atoms with Gasteiger partial charge >= 0.3 is 0 Å². The molecule has 2 N–H and O–H groups in total. The smallest absolute Gasteiger partial charge is 0.291 e. The zero-order chi connectivity index (χ0) is 8.41. The number of hydrogen-bond acceptors (Lipinski definition) is 4. The van der Waals surface area contributed by atoms with Crippen LogP contribution in [0.3, 0.4) is 0 Å². The van der Waals surface area contributed by atoms with Crippen LogP contribution in [0.25, 0.3) is 0 Å². The first-order valence-corrected chi connectivity index (χ1v) is 2.74. The van der Waals surface area contributed by atoms with Crippen molar-refractivity contribution in [3.05, 3.63) is 10.1 Å². The summed E-state index contributed by atoms with van der Waals surface area (Å²) in [6.07, 6.45) is 1.12. The van der Waals surface area contributed by atoms with E-state index in [-0.39, 0.29) is 0 Å². The Bertz CT molecular complexity index is 69.7. The number of nitrogens with zero attached hydrogens (tertiary/aromatic N) is 1. The summed E-state index contributed by atoms with van der Waals surface area (Å²) in [6.45, 7) is 3.03. The summed E-state index contributed by atoms with van der Waals surface area (Å²) in [4.78, 5) is 12.9. The summed E-state index contributed by atoms with van der Waals surface area (Å²) in [7, 11) is 1.62. The highest BCUT2D eigenvalue weighted by molar-refractivity contribution is 4.23. The summed E-state index contributed by atoms with van der Waals surface area (Å²) < 4.78 is 0. The SMILES string of the molecule is CCCNOC.O=[N+]([O-])O. The lowest BCUT2D eigenvalue weighted by atomic mass is 10.5. The summed E-state index contributed by atoms with van der Waals surface area (Å²) in [5, 5.41) is 13.6. The van der Waals surface area contributed by atoms with E-state index in [9.17, 15) is 0 Å². The molecule has 0 spiro atoms. The highest BCUT2D eigenvalue weighted by Gasteiger charge is 1.71. The van der Waals surface area contributed by atoms with Crippen molar-refractivity contribution < 1.29 is 15.1 Å². The van der Waals surface area contributed by atoms with Gasteiger partial charge in [0.15, 0.2) is 0 Å². The van der Waals surface area contributed by atoms with Gasteiger partial charge in [0.1, 0.15) is 0 Å². The maximum Gasteiger partial charge on any atom is 0.291 e. The first-order chi connectivity index (χ1) is 4.65. The second-order valence-electron chi connectivity index (χ2n) is 1.34. The molecule has 0 aromatic heterocycles. The zero-order valence-corrected chi connectivity index (χ0v) is 6.03. The van der Waals surface area contributed by atoms with E-state index in [4.69, 9.17) is 15.3 Å². The van der Waals surface area contributed by atoms with Crippen LogP contribution < -0.4 is 5.48 Å². The maximum absolute atomic E-state index is 8.36. The highest BCUT2D eigenvalue weighted by Crippen LogP contribution is 1.65. The molecule has 0 aliphatic heterocycles. The molecule has 0 aliphatic carbocycles.